The predicted octanol–water partition coefficient (Wildman–Crippen LogP) is 0.881. The number of hydrogen-bond acceptors (Lipinski definition) is 4. The summed E-state index contributed by atoms with van der Waals surface area (Å²) in [5.41, 5.74) is 1.92. The van der Waals surface area contributed by atoms with E-state index in [1.807, 2.05) is 24.3 Å². The molecule has 2 N–H and O–H groups in total. The first-order valence-corrected chi connectivity index (χ1v) is 9.64. The lowest BCUT2D eigenvalue weighted by atomic mass is 9.89. The summed E-state index contributed by atoms with van der Waals surface area (Å²) in [6.45, 7) is 0. The molecule has 2 aliphatic heterocycles. The molecule has 1 aromatic rings. The number of nitrogens with one attached hydrogen (secondary N) is 2. The summed E-state index contributed by atoms with van der Waals surface area (Å²) in [7, 11) is -3.00. The third-order valence-corrected chi connectivity index (χ3v) is 6.20. The van der Waals surface area contributed by atoms with Crippen LogP contribution in [0.4, 0.5) is 5.69 Å². The average Bonchev–Trinajstić information content (AvgIpc) is 2.84. The van der Waals surface area contributed by atoms with Crippen molar-refractivity contribution in [2.75, 3.05) is 16.8 Å². The maximum atomic E-state index is 12.1. The third-order valence-electron chi connectivity index (χ3n) is 4.43. The van der Waals surface area contributed by atoms with Crippen LogP contribution in [0.2, 0.25) is 0 Å². The van der Waals surface area contributed by atoms with Crippen LogP contribution in [0.5, 0.6) is 0 Å². The maximum Gasteiger partial charge on any atom is 0.227 e. The molecule has 2 atom stereocenters. The molecule has 0 bridgehead atoms. The summed E-state index contributed by atoms with van der Waals surface area (Å²) in [4.78, 5) is 24.0. The zero-order valence-electron chi connectivity index (χ0n) is 12.7. The molecule has 2 unspecified atom stereocenters. The third kappa shape index (κ3) is 3.90. The van der Waals surface area contributed by atoms with Crippen LogP contribution in [0.1, 0.15) is 24.8 Å². The van der Waals surface area contributed by atoms with Gasteiger partial charge in [-0.3, -0.25) is 9.59 Å². The molecular formula is C16H20N2O4S. The van der Waals surface area contributed by atoms with Crippen molar-refractivity contribution < 1.29 is 18.0 Å². The Bertz CT molecular complexity index is 729. The standard InChI is InChI=1S/C16H20N2O4S/c19-15(17-13-7-8-23(21,22)10-13)6-5-12-9-11-3-1-2-4-14(11)18-16(12)20/h1-4,12-13H,5-10H2,(H,17,19)(H,18,20). The van der Waals surface area contributed by atoms with Gasteiger partial charge in [0.25, 0.3) is 0 Å². The van der Waals surface area contributed by atoms with Crippen molar-refractivity contribution in [2.45, 2.75) is 31.7 Å². The van der Waals surface area contributed by atoms with E-state index >= 15 is 0 Å². The van der Waals surface area contributed by atoms with Crippen molar-refractivity contribution in [3.05, 3.63) is 29.8 Å². The van der Waals surface area contributed by atoms with Gasteiger partial charge in [0.1, 0.15) is 0 Å². The number of anilines is 1. The van der Waals surface area contributed by atoms with Gasteiger partial charge in [0, 0.05) is 24.1 Å². The minimum absolute atomic E-state index is 0.0238. The van der Waals surface area contributed by atoms with E-state index in [1.54, 1.807) is 0 Å². The molecule has 3 rings (SSSR count). The van der Waals surface area contributed by atoms with Crippen molar-refractivity contribution in [2.24, 2.45) is 5.92 Å². The van der Waals surface area contributed by atoms with Crippen LogP contribution in [0.3, 0.4) is 0 Å². The Labute approximate surface area is 135 Å². The Morgan fingerprint density at radius 1 is 1.30 bits per heavy atom. The second-order valence-corrected chi connectivity index (χ2v) is 8.48. The van der Waals surface area contributed by atoms with Crippen molar-refractivity contribution in [1.82, 2.24) is 5.32 Å². The molecular weight excluding hydrogens is 316 g/mol. The van der Waals surface area contributed by atoms with E-state index in [4.69, 9.17) is 0 Å². The fourth-order valence-electron chi connectivity index (χ4n) is 3.16. The lowest BCUT2D eigenvalue weighted by Crippen LogP contribution is -2.36. The summed E-state index contributed by atoms with van der Waals surface area (Å²) < 4.78 is 22.8. The minimum Gasteiger partial charge on any atom is -0.352 e. The predicted molar refractivity (Wildman–Crippen MR) is 86.7 cm³/mol. The molecule has 6 nitrogen and oxygen atoms in total. The van der Waals surface area contributed by atoms with Crippen LogP contribution in [0.15, 0.2) is 24.3 Å². The first-order valence-electron chi connectivity index (χ1n) is 7.81. The lowest BCUT2D eigenvalue weighted by molar-refractivity contribution is -0.123. The topological polar surface area (TPSA) is 92.3 Å². The number of para-hydroxylation sites is 1. The Balaban J connectivity index is 1.51. The molecule has 1 saturated heterocycles. The monoisotopic (exact) mass is 336 g/mol. The fourth-order valence-corrected chi connectivity index (χ4v) is 4.83. The van der Waals surface area contributed by atoms with Gasteiger partial charge in [0.2, 0.25) is 11.8 Å². The van der Waals surface area contributed by atoms with Crippen molar-refractivity contribution in [3.8, 4) is 0 Å². The smallest absolute Gasteiger partial charge is 0.227 e. The van der Waals surface area contributed by atoms with Gasteiger partial charge in [-0.25, -0.2) is 8.42 Å². The van der Waals surface area contributed by atoms with Gasteiger partial charge in [-0.15, -0.1) is 0 Å². The molecule has 0 radical (unpaired) electrons. The Hall–Kier alpha value is -1.89. The van der Waals surface area contributed by atoms with Crippen LogP contribution >= 0.6 is 0 Å². The largest absolute Gasteiger partial charge is 0.352 e. The second kappa shape index (κ2) is 6.31. The normalized spacial score (nSPS) is 25.5. The average molecular weight is 336 g/mol. The summed E-state index contributed by atoms with van der Waals surface area (Å²) in [6, 6.07) is 7.37. The van der Waals surface area contributed by atoms with Gasteiger partial charge in [0.05, 0.1) is 11.5 Å². The SMILES string of the molecule is O=C(CCC1Cc2ccccc2NC1=O)NC1CCS(=O)(=O)C1. The maximum absolute atomic E-state index is 12.1. The highest BCUT2D eigenvalue weighted by atomic mass is 32.2. The van der Waals surface area contributed by atoms with Crippen molar-refractivity contribution in [1.29, 1.82) is 0 Å². The Morgan fingerprint density at radius 3 is 2.83 bits per heavy atom. The van der Waals surface area contributed by atoms with E-state index in [2.05, 4.69) is 10.6 Å². The number of sulfone groups is 1. The van der Waals surface area contributed by atoms with Crippen LogP contribution in [0, 0.1) is 5.92 Å². The van der Waals surface area contributed by atoms with Crippen molar-refractivity contribution in [3.63, 3.8) is 0 Å². The van der Waals surface area contributed by atoms with Gasteiger partial charge < -0.3 is 10.6 Å². The molecule has 0 spiro atoms. The van der Waals surface area contributed by atoms with E-state index in [9.17, 15) is 18.0 Å². The van der Waals surface area contributed by atoms with Crippen LogP contribution in [-0.4, -0.2) is 37.8 Å². The van der Waals surface area contributed by atoms with Crippen LogP contribution < -0.4 is 10.6 Å². The van der Waals surface area contributed by atoms with Gasteiger partial charge >= 0.3 is 0 Å². The summed E-state index contributed by atoms with van der Waals surface area (Å²) in [6.07, 6.45) is 1.81. The number of carbonyl (C=O) groups excluding carboxylic acids is 2. The molecule has 2 heterocycles. The molecule has 1 fully saturated rings. The lowest BCUT2D eigenvalue weighted by Gasteiger charge is -2.24. The summed E-state index contributed by atoms with van der Waals surface area (Å²) in [5.74, 6) is -0.294. The Kier molecular flexibility index (Phi) is 4.39. The molecule has 2 aliphatic rings. The number of rotatable bonds is 4. The molecule has 124 valence electrons. The van der Waals surface area contributed by atoms with E-state index in [0.717, 1.165) is 11.3 Å². The second-order valence-electron chi connectivity index (χ2n) is 6.25. The molecule has 23 heavy (non-hydrogen) atoms. The van der Waals surface area contributed by atoms with Gasteiger partial charge in [-0.05, 0) is 30.9 Å². The van der Waals surface area contributed by atoms with Gasteiger partial charge in [0.15, 0.2) is 9.84 Å². The molecule has 0 saturated carbocycles. The number of fused-ring (bicyclic) bond motifs is 1. The van der Waals surface area contributed by atoms with E-state index in [0.29, 0.717) is 19.3 Å². The molecule has 7 heteroatoms. The van der Waals surface area contributed by atoms with E-state index in [1.165, 1.54) is 0 Å². The number of hydrogen-bond donors (Lipinski definition) is 2. The number of amides is 2. The van der Waals surface area contributed by atoms with Gasteiger partial charge in [-0.1, -0.05) is 18.2 Å². The zero-order valence-corrected chi connectivity index (χ0v) is 13.6. The number of benzene rings is 1. The van der Waals surface area contributed by atoms with Crippen molar-refractivity contribution >= 4 is 27.3 Å². The summed E-state index contributed by atoms with van der Waals surface area (Å²) >= 11 is 0. The van der Waals surface area contributed by atoms with Crippen LogP contribution in [-0.2, 0) is 25.8 Å². The highest BCUT2D eigenvalue weighted by molar-refractivity contribution is 7.91. The van der Waals surface area contributed by atoms with E-state index in [-0.39, 0.29) is 41.7 Å². The highest BCUT2D eigenvalue weighted by Gasteiger charge is 2.30. The molecule has 1 aromatic carbocycles. The molecule has 0 aromatic heterocycles. The molecule has 0 aliphatic carbocycles. The number of carbonyl (C=O) groups is 2. The first kappa shape index (κ1) is 16.0. The Morgan fingerprint density at radius 2 is 2.09 bits per heavy atom. The van der Waals surface area contributed by atoms with E-state index < -0.39 is 9.84 Å². The highest BCUT2D eigenvalue weighted by Crippen LogP contribution is 2.27. The fraction of sp³-hybridized carbons (Fsp3) is 0.500. The molecule has 2 amide bonds. The summed E-state index contributed by atoms with van der Waals surface area (Å²) in [5, 5.41) is 5.63. The zero-order chi connectivity index (χ0) is 16.4. The minimum atomic E-state index is -3.00. The quantitative estimate of drug-likeness (QED) is 0.854. The first-order chi connectivity index (χ1) is 10.9. The van der Waals surface area contributed by atoms with Gasteiger partial charge in [-0.2, -0.15) is 0 Å². The van der Waals surface area contributed by atoms with Crippen LogP contribution in [0.25, 0.3) is 0 Å².